The zero-order chi connectivity index (χ0) is 20.3. The first-order valence-electron chi connectivity index (χ1n) is 9.54. The number of rotatable bonds is 4. The van der Waals surface area contributed by atoms with Crippen molar-refractivity contribution in [2.24, 2.45) is 4.40 Å². The van der Waals surface area contributed by atoms with Crippen molar-refractivity contribution in [2.45, 2.75) is 26.7 Å². The number of amides is 1. The minimum absolute atomic E-state index is 0.0469. The van der Waals surface area contributed by atoms with Crippen molar-refractivity contribution in [3.8, 4) is 0 Å². The molecule has 0 aliphatic carbocycles. The standard InChI is InChI=1S/C20H27N3O4S/c1-4-16-6-8-17(9-7-16)19-15(2)20(21-28(19,25)26)23-11-5-10-22(12-13-23)18(24)14-27-3/h6-9H,4-5,10-14H2,1-3H3. The monoisotopic (exact) mass is 405 g/mol. The van der Waals surface area contributed by atoms with Crippen LogP contribution in [0.1, 0.15) is 31.4 Å². The topological polar surface area (TPSA) is 79.3 Å². The lowest BCUT2D eigenvalue weighted by molar-refractivity contribution is -0.134. The molecule has 0 N–H and O–H groups in total. The number of amidine groups is 1. The third kappa shape index (κ3) is 4.12. The van der Waals surface area contributed by atoms with Gasteiger partial charge in [0.15, 0.2) is 0 Å². The second-order valence-electron chi connectivity index (χ2n) is 7.05. The molecule has 0 saturated carbocycles. The molecular weight excluding hydrogens is 378 g/mol. The van der Waals surface area contributed by atoms with E-state index in [2.05, 4.69) is 11.3 Å². The van der Waals surface area contributed by atoms with Gasteiger partial charge >= 0.3 is 0 Å². The van der Waals surface area contributed by atoms with Crippen LogP contribution in [0, 0.1) is 0 Å². The van der Waals surface area contributed by atoms with Crippen molar-refractivity contribution in [3.63, 3.8) is 0 Å². The predicted octanol–water partition coefficient (Wildman–Crippen LogP) is 1.90. The smallest absolute Gasteiger partial charge is 0.285 e. The highest BCUT2D eigenvalue weighted by atomic mass is 32.2. The molecule has 1 fully saturated rings. The van der Waals surface area contributed by atoms with Crippen LogP contribution in [-0.4, -0.2) is 69.9 Å². The number of hydrogen-bond acceptors (Lipinski definition) is 5. The van der Waals surface area contributed by atoms with Crippen LogP contribution < -0.4 is 0 Å². The van der Waals surface area contributed by atoms with Crippen LogP contribution in [-0.2, 0) is 26.0 Å². The summed E-state index contributed by atoms with van der Waals surface area (Å²) < 4.78 is 34.6. The molecule has 0 aromatic heterocycles. The number of carbonyl (C=O) groups is 1. The second kappa shape index (κ2) is 8.45. The maximum atomic E-state index is 12.8. The van der Waals surface area contributed by atoms with Gasteiger partial charge in [0, 0.05) is 38.9 Å². The zero-order valence-corrected chi connectivity index (χ0v) is 17.5. The molecule has 2 aliphatic heterocycles. The summed E-state index contributed by atoms with van der Waals surface area (Å²) in [6, 6.07) is 7.60. The van der Waals surface area contributed by atoms with Crippen molar-refractivity contribution in [3.05, 3.63) is 41.0 Å². The second-order valence-corrected chi connectivity index (χ2v) is 8.59. The fourth-order valence-corrected chi connectivity index (χ4v) is 5.15. The van der Waals surface area contributed by atoms with Crippen LogP contribution in [0.5, 0.6) is 0 Å². The van der Waals surface area contributed by atoms with E-state index in [9.17, 15) is 13.2 Å². The van der Waals surface area contributed by atoms with Gasteiger partial charge in [0.2, 0.25) is 5.91 Å². The van der Waals surface area contributed by atoms with Crippen molar-refractivity contribution in [2.75, 3.05) is 39.9 Å². The van der Waals surface area contributed by atoms with Crippen molar-refractivity contribution < 1.29 is 17.9 Å². The van der Waals surface area contributed by atoms with E-state index < -0.39 is 10.0 Å². The number of methoxy groups -OCH3 is 1. The molecule has 1 amide bonds. The van der Waals surface area contributed by atoms with Gasteiger partial charge in [-0.05, 0) is 30.9 Å². The highest BCUT2D eigenvalue weighted by Crippen LogP contribution is 2.34. The largest absolute Gasteiger partial charge is 0.375 e. The van der Waals surface area contributed by atoms with Crippen LogP contribution in [0.4, 0.5) is 0 Å². The molecule has 1 aromatic rings. The minimum atomic E-state index is -3.73. The Labute approximate surface area is 166 Å². The summed E-state index contributed by atoms with van der Waals surface area (Å²) in [4.78, 5) is 16.1. The zero-order valence-electron chi connectivity index (χ0n) is 16.6. The Hall–Kier alpha value is -2.19. The number of sulfonamides is 1. The number of ether oxygens (including phenoxy) is 1. The Morgan fingerprint density at radius 2 is 1.86 bits per heavy atom. The summed E-state index contributed by atoms with van der Waals surface area (Å²) in [5.74, 6) is 0.449. The SMILES string of the molecule is CCc1ccc(C2=C(C)C(N3CCCN(C(=O)COC)CC3)=NS2(=O)=O)cc1. The maximum Gasteiger partial charge on any atom is 0.285 e. The number of nitrogens with zero attached hydrogens (tertiary/aromatic N) is 3. The first-order chi connectivity index (χ1) is 13.4. The summed E-state index contributed by atoms with van der Waals surface area (Å²) in [6.07, 6.45) is 1.65. The van der Waals surface area contributed by atoms with E-state index in [0.717, 1.165) is 18.4 Å². The molecule has 0 radical (unpaired) electrons. The van der Waals surface area contributed by atoms with Gasteiger partial charge in [-0.2, -0.15) is 8.42 Å². The summed E-state index contributed by atoms with van der Waals surface area (Å²) in [6.45, 7) is 6.29. The first kappa shape index (κ1) is 20.5. The van der Waals surface area contributed by atoms with Gasteiger partial charge in [-0.1, -0.05) is 31.2 Å². The third-order valence-electron chi connectivity index (χ3n) is 5.18. The van der Waals surface area contributed by atoms with Crippen LogP contribution in [0.15, 0.2) is 34.2 Å². The van der Waals surface area contributed by atoms with Gasteiger partial charge in [0.05, 0.1) is 0 Å². The van der Waals surface area contributed by atoms with Gasteiger partial charge in [-0.15, -0.1) is 4.40 Å². The molecular formula is C20H27N3O4S. The van der Waals surface area contributed by atoms with E-state index in [-0.39, 0.29) is 17.4 Å². The minimum Gasteiger partial charge on any atom is -0.375 e. The van der Waals surface area contributed by atoms with E-state index in [0.29, 0.717) is 43.2 Å². The Morgan fingerprint density at radius 3 is 2.50 bits per heavy atom. The lowest BCUT2D eigenvalue weighted by Gasteiger charge is -2.23. The lowest BCUT2D eigenvalue weighted by atomic mass is 10.1. The average molecular weight is 406 g/mol. The fraction of sp³-hybridized carbons (Fsp3) is 0.500. The van der Waals surface area contributed by atoms with Crippen LogP contribution in [0.2, 0.25) is 0 Å². The van der Waals surface area contributed by atoms with Gasteiger partial charge < -0.3 is 14.5 Å². The molecule has 7 nitrogen and oxygen atoms in total. The molecule has 0 atom stereocenters. The van der Waals surface area contributed by atoms with Crippen LogP contribution in [0.3, 0.4) is 0 Å². The highest BCUT2D eigenvalue weighted by molar-refractivity contribution is 8.00. The maximum absolute atomic E-state index is 12.8. The van der Waals surface area contributed by atoms with E-state index in [1.807, 2.05) is 36.1 Å². The number of carbonyl (C=O) groups excluding carboxylic acids is 1. The molecule has 1 aromatic carbocycles. The third-order valence-corrected chi connectivity index (χ3v) is 6.65. The molecule has 2 aliphatic rings. The van der Waals surface area contributed by atoms with E-state index in [1.165, 1.54) is 7.11 Å². The molecule has 3 rings (SSSR count). The summed E-state index contributed by atoms with van der Waals surface area (Å²) in [5, 5.41) is 0. The van der Waals surface area contributed by atoms with Gasteiger partial charge in [-0.3, -0.25) is 4.79 Å². The molecule has 1 saturated heterocycles. The Balaban J connectivity index is 1.84. The fourth-order valence-electron chi connectivity index (χ4n) is 3.67. The number of benzene rings is 1. The van der Waals surface area contributed by atoms with Crippen molar-refractivity contribution >= 4 is 26.7 Å². The van der Waals surface area contributed by atoms with Gasteiger partial charge in [0.25, 0.3) is 10.0 Å². The van der Waals surface area contributed by atoms with E-state index in [1.54, 1.807) is 4.90 Å². The highest BCUT2D eigenvalue weighted by Gasteiger charge is 2.34. The van der Waals surface area contributed by atoms with E-state index in [4.69, 9.17) is 4.74 Å². The normalized spacial score (nSPS) is 19.6. The predicted molar refractivity (Wildman–Crippen MR) is 109 cm³/mol. The molecule has 0 spiro atoms. The summed E-state index contributed by atoms with van der Waals surface area (Å²) >= 11 is 0. The van der Waals surface area contributed by atoms with Crippen LogP contribution >= 0.6 is 0 Å². The molecule has 2 heterocycles. The van der Waals surface area contributed by atoms with Gasteiger partial charge in [-0.25, -0.2) is 0 Å². The summed E-state index contributed by atoms with van der Waals surface area (Å²) in [5.41, 5.74) is 2.49. The van der Waals surface area contributed by atoms with Crippen molar-refractivity contribution in [1.82, 2.24) is 9.80 Å². The van der Waals surface area contributed by atoms with Crippen molar-refractivity contribution in [1.29, 1.82) is 0 Å². The summed E-state index contributed by atoms with van der Waals surface area (Å²) in [7, 11) is -2.23. The first-order valence-corrected chi connectivity index (χ1v) is 11.0. The Bertz CT molecular complexity index is 904. The van der Waals surface area contributed by atoms with Gasteiger partial charge in [0.1, 0.15) is 17.3 Å². The Kier molecular flexibility index (Phi) is 6.20. The van der Waals surface area contributed by atoms with Crippen LogP contribution in [0.25, 0.3) is 4.91 Å². The number of hydrogen-bond donors (Lipinski definition) is 0. The van der Waals surface area contributed by atoms with E-state index >= 15 is 0 Å². The molecule has 152 valence electrons. The number of aryl methyl sites for hydroxylation is 1. The lowest BCUT2D eigenvalue weighted by Crippen LogP contribution is -2.38. The molecule has 8 heteroatoms. The Morgan fingerprint density at radius 1 is 1.14 bits per heavy atom. The molecule has 28 heavy (non-hydrogen) atoms. The quantitative estimate of drug-likeness (QED) is 0.764. The molecule has 0 unspecified atom stereocenters. The molecule has 0 bridgehead atoms. The average Bonchev–Trinajstić information content (AvgIpc) is 2.83.